The number of H-pyrrole nitrogens is 1. The van der Waals surface area contributed by atoms with Gasteiger partial charge in [-0.25, -0.2) is 4.79 Å². The third-order valence-electron chi connectivity index (χ3n) is 6.21. The number of methoxy groups -OCH3 is 1. The van der Waals surface area contributed by atoms with Crippen LogP contribution in [0.15, 0.2) is 36.4 Å². The first-order valence-electron chi connectivity index (χ1n) is 10.8. The van der Waals surface area contributed by atoms with Gasteiger partial charge in [0.15, 0.2) is 0 Å². The molecule has 2 heterocycles. The molecule has 1 fully saturated rings. The number of hydrogen-bond acceptors (Lipinski definition) is 4. The summed E-state index contributed by atoms with van der Waals surface area (Å²) >= 11 is 6.15. The van der Waals surface area contributed by atoms with Crippen molar-refractivity contribution in [1.82, 2.24) is 15.6 Å². The molecule has 1 aromatic heterocycles. The lowest BCUT2D eigenvalue weighted by molar-refractivity contribution is -0.145. The van der Waals surface area contributed by atoms with E-state index in [0.29, 0.717) is 11.4 Å². The highest BCUT2D eigenvalue weighted by atomic mass is 35.5. The van der Waals surface area contributed by atoms with Gasteiger partial charge in [0.1, 0.15) is 6.04 Å². The number of benzene rings is 2. The topological polar surface area (TPSA) is 83.2 Å². The maximum absolute atomic E-state index is 13.0. The van der Waals surface area contributed by atoms with Gasteiger partial charge in [-0.3, -0.25) is 4.79 Å². The molecule has 7 heteroatoms. The minimum atomic E-state index is -0.658. The molecule has 1 saturated heterocycles. The highest BCUT2D eigenvalue weighted by Gasteiger charge is 2.28. The highest BCUT2D eigenvalue weighted by Crippen LogP contribution is 2.30. The normalized spacial score (nSPS) is 18.6. The molecule has 0 bridgehead atoms. The molecule has 3 unspecified atom stereocenters. The fourth-order valence-electron chi connectivity index (χ4n) is 4.38. The van der Waals surface area contributed by atoms with Crippen LogP contribution >= 0.6 is 11.6 Å². The molecule has 0 spiro atoms. The zero-order valence-corrected chi connectivity index (χ0v) is 18.6. The smallest absolute Gasteiger partial charge is 0.328 e. The van der Waals surface area contributed by atoms with E-state index in [1.54, 1.807) is 0 Å². The number of aromatic amines is 1. The Morgan fingerprint density at radius 2 is 2.00 bits per heavy atom. The number of piperidine rings is 1. The summed E-state index contributed by atoms with van der Waals surface area (Å²) in [6, 6.07) is 11.2. The fourth-order valence-corrected chi connectivity index (χ4v) is 4.55. The quantitative estimate of drug-likeness (QED) is 0.499. The van der Waals surface area contributed by atoms with E-state index in [1.807, 2.05) is 43.3 Å². The van der Waals surface area contributed by atoms with Crippen molar-refractivity contribution in [2.45, 2.75) is 50.6 Å². The number of nitrogens with one attached hydrogen (secondary N) is 3. The van der Waals surface area contributed by atoms with Crippen LogP contribution in [0.5, 0.6) is 0 Å². The lowest BCUT2D eigenvalue weighted by Crippen LogP contribution is -2.48. The summed E-state index contributed by atoms with van der Waals surface area (Å²) in [5, 5.41) is 9.14. The minimum Gasteiger partial charge on any atom is -0.467 e. The number of carbonyl (C=O) groups is 2. The first kappa shape index (κ1) is 21.7. The van der Waals surface area contributed by atoms with Crippen molar-refractivity contribution in [1.29, 1.82) is 0 Å². The molecule has 4 rings (SSSR count). The largest absolute Gasteiger partial charge is 0.467 e. The van der Waals surface area contributed by atoms with Gasteiger partial charge in [0.05, 0.1) is 13.0 Å². The average Bonchev–Trinajstić information content (AvgIpc) is 3.15. The Morgan fingerprint density at radius 3 is 2.74 bits per heavy atom. The lowest BCUT2D eigenvalue weighted by atomic mass is 9.96. The molecule has 3 aromatic rings. The van der Waals surface area contributed by atoms with Crippen molar-refractivity contribution in [3.63, 3.8) is 0 Å². The van der Waals surface area contributed by atoms with Gasteiger partial charge in [-0.05, 0) is 62.6 Å². The van der Waals surface area contributed by atoms with Gasteiger partial charge in [-0.15, -0.1) is 0 Å². The molecule has 0 saturated carbocycles. The first-order valence-corrected chi connectivity index (χ1v) is 11.2. The van der Waals surface area contributed by atoms with Crippen LogP contribution in [-0.2, 0) is 14.3 Å². The molecule has 0 radical (unpaired) electrons. The Morgan fingerprint density at radius 1 is 1.16 bits per heavy atom. The average molecular weight is 442 g/mol. The third-order valence-corrected chi connectivity index (χ3v) is 6.45. The Balaban J connectivity index is 1.52. The van der Waals surface area contributed by atoms with E-state index in [1.165, 1.54) is 7.11 Å². The number of aromatic nitrogens is 1. The Kier molecular flexibility index (Phi) is 6.49. The minimum absolute atomic E-state index is 0.190. The first-order chi connectivity index (χ1) is 15.0. The van der Waals surface area contributed by atoms with Gasteiger partial charge in [-0.2, -0.15) is 0 Å². The molecule has 164 valence electrons. The molecule has 3 atom stereocenters. The second-order valence-electron chi connectivity index (χ2n) is 8.31. The van der Waals surface area contributed by atoms with Crippen LogP contribution in [0.1, 0.15) is 44.1 Å². The Bertz CT molecular complexity index is 1100. The molecule has 3 N–H and O–H groups in total. The van der Waals surface area contributed by atoms with E-state index in [4.69, 9.17) is 16.3 Å². The molecule has 31 heavy (non-hydrogen) atoms. The van der Waals surface area contributed by atoms with Crippen molar-refractivity contribution in [2.75, 3.05) is 13.7 Å². The van der Waals surface area contributed by atoms with Crippen molar-refractivity contribution >= 4 is 45.3 Å². The highest BCUT2D eigenvalue weighted by molar-refractivity contribution is 6.31. The van der Waals surface area contributed by atoms with E-state index in [-0.39, 0.29) is 11.9 Å². The van der Waals surface area contributed by atoms with Gasteiger partial charge in [-0.1, -0.05) is 30.2 Å². The zero-order valence-electron chi connectivity index (χ0n) is 17.8. The summed E-state index contributed by atoms with van der Waals surface area (Å²) in [5.41, 5.74) is 2.83. The summed E-state index contributed by atoms with van der Waals surface area (Å²) in [7, 11) is 1.36. The van der Waals surface area contributed by atoms with E-state index in [0.717, 1.165) is 53.2 Å². The van der Waals surface area contributed by atoms with Gasteiger partial charge in [0.25, 0.3) is 0 Å². The van der Waals surface area contributed by atoms with Crippen LogP contribution in [-0.4, -0.2) is 42.6 Å². The zero-order chi connectivity index (χ0) is 22.0. The van der Waals surface area contributed by atoms with Gasteiger partial charge in [0, 0.05) is 32.9 Å². The summed E-state index contributed by atoms with van der Waals surface area (Å²) in [6.07, 6.45) is 3.81. The van der Waals surface area contributed by atoms with Crippen LogP contribution < -0.4 is 10.6 Å². The summed E-state index contributed by atoms with van der Waals surface area (Å²) in [4.78, 5) is 28.7. The molecule has 1 aliphatic rings. The lowest BCUT2D eigenvalue weighted by Gasteiger charge is -2.27. The second-order valence-corrected chi connectivity index (χ2v) is 8.74. The summed E-state index contributed by atoms with van der Waals surface area (Å²) in [6.45, 7) is 2.79. The molecule has 6 nitrogen and oxygen atoms in total. The van der Waals surface area contributed by atoms with Gasteiger partial charge >= 0.3 is 5.97 Å². The fraction of sp³-hybridized carbons (Fsp3) is 0.417. The van der Waals surface area contributed by atoms with Crippen molar-refractivity contribution in [2.24, 2.45) is 0 Å². The van der Waals surface area contributed by atoms with E-state index >= 15 is 0 Å². The van der Waals surface area contributed by atoms with Crippen molar-refractivity contribution < 1.29 is 14.3 Å². The summed E-state index contributed by atoms with van der Waals surface area (Å²) in [5.74, 6) is -1.01. The number of amides is 1. The van der Waals surface area contributed by atoms with Crippen LogP contribution in [0.3, 0.4) is 0 Å². The molecule has 2 aromatic carbocycles. The van der Waals surface area contributed by atoms with E-state index in [9.17, 15) is 9.59 Å². The van der Waals surface area contributed by atoms with E-state index < -0.39 is 17.9 Å². The molecule has 1 amide bonds. The van der Waals surface area contributed by atoms with Crippen molar-refractivity contribution in [3.8, 4) is 0 Å². The molecular weight excluding hydrogens is 414 g/mol. The number of fused-ring (bicyclic) bond motifs is 3. The van der Waals surface area contributed by atoms with Gasteiger partial charge in [0.2, 0.25) is 5.91 Å². The molecule has 1 aliphatic heterocycles. The number of ether oxygens (including phenoxy) is 1. The predicted molar refractivity (Wildman–Crippen MR) is 123 cm³/mol. The molecule has 0 aliphatic carbocycles. The predicted octanol–water partition coefficient (Wildman–Crippen LogP) is 4.27. The molecular formula is C24H28ClN3O3. The SMILES string of the molecule is COC(=O)C(CC1CCCCN1)NC(=O)C(C)c1ccc2c(c1)[nH]c1ccc(Cl)cc12. The standard InChI is InChI=1S/C24H28ClN3O3/c1-14(23(29)28-22(24(30)31-2)13-17-5-3-4-10-26-17)15-6-8-18-19-12-16(25)7-9-20(19)27-21(18)11-15/h6-9,11-12,14,17,22,26-27H,3-5,10,13H2,1-2H3,(H,28,29). The number of carbonyl (C=O) groups excluding carboxylic acids is 2. The number of halogens is 1. The maximum Gasteiger partial charge on any atom is 0.328 e. The van der Waals surface area contributed by atoms with Crippen LogP contribution in [0.4, 0.5) is 0 Å². The summed E-state index contributed by atoms with van der Waals surface area (Å²) < 4.78 is 4.94. The monoisotopic (exact) mass is 441 g/mol. The van der Waals surface area contributed by atoms with Crippen LogP contribution in [0, 0.1) is 0 Å². The third kappa shape index (κ3) is 4.70. The van der Waals surface area contributed by atoms with E-state index in [2.05, 4.69) is 15.6 Å². The number of esters is 1. The van der Waals surface area contributed by atoms with Crippen molar-refractivity contribution in [3.05, 3.63) is 47.0 Å². The maximum atomic E-state index is 13.0. The van der Waals surface area contributed by atoms with Crippen LogP contribution in [0.2, 0.25) is 5.02 Å². The Hall–Kier alpha value is -2.57. The van der Waals surface area contributed by atoms with Crippen LogP contribution in [0.25, 0.3) is 21.8 Å². The number of hydrogen-bond donors (Lipinski definition) is 3. The Labute approximate surface area is 186 Å². The number of rotatable bonds is 6. The second kappa shape index (κ2) is 9.28. The van der Waals surface area contributed by atoms with Gasteiger partial charge < -0.3 is 20.4 Å².